The zero-order valence-corrected chi connectivity index (χ0v) is 20.5. The van der Waals surface area contributed by atoms with Crippen LogP contribution in [0, 0.1) is 0 Å². The van der Waals surface area contributed by atoms with Crippen molar-refractivity contribution in [2.75, 3.05) is 27.4 Å². The Morgan fingerprint density at radius 1 is 1.06 bits per heavy atom. The molecule has 7 nitrogen and oxygen atoms in total. The maximum atomic E-state index is 14.0. The highest BCUT2D eigenvalue weighted by molar-refractivity contribution is 6.01. The zero-order chi connectivity index (χ0) is 25.1. The zero-order valence-electron chi connectivity index (χ0n) is 20.5. The molecule has 7 heteroatoms. The number of aliphatic hydroxyl groups excluding tert-OH is 1. The van der Waals surface area contributed by atoms with E-state index in [1.165, 1.54) is 0 Å². The van der Waals surface area contributed by atoms with Gasteiger partial charge >= 0.3 is 0 Å². The van der Waals surface area contributed by atoms with Crippen LogP contribution in [0.15, 0.2) is 77.8 Å². The molecule has 0 unspecified atom stereocenters. The van der Waals surface area contributed by atoms with E-state index in [9.17, 15) is 4.79 Å². The molecule has 0 fully saturated rings. The number of methoxy groups -OCH3 is 1. The van der Waals surface area contributed by atoms with E-state index in [1.807, 2.05) is 67.7 Å². The van der Waals surface area contributed by atoms with Gasteiger partial charge in [0, 0.05) is 38.6 Å². The number of hydrogen-bond donors (Lipinski definition) is 1. The molecule has 3 aromatic rings. The molecule has 2 heterocycles. The fraction of sp³-hybridized carbons (Fsp3) is 0.310. The van der Waals surface area contributed by atoms with Crippen LogP contribution in [-0.4, -0.2) is 54.7 Å². The molecule has 0 saturated carbocycles. The maximum Gasteiger partial charge on any atom is 0.255 e. The fourth-order valence-electron chi connectivity index (χ4n) is 4.90. The molecule has 0 aliphatic carbocycles. The van der Waals surface area contributed by atoms with E-state index < -0.39 is 11.6 Å². The highest BCUT2D eigenvalue weighted by Crippen LogP contribution is 2.45. The highest BCUT2D eigenvalue weighted by Gasteiger charge is 2.55. The van der Waals surface area contributed by atoms with Crippen molar-refractivity contribution >= 4 is 11.8 Å². The molecular formula is C29H30N2O5. The predicted molar refractivity (Wildman–Crippen MR) is 136 cm³/mol. The van der Waals surface area contributed by atoms with Gasteiger partial charge in [0.05, 0.1) is 13.7 Å². The second kappa shape index (κ2) is 10.0. The van der Waals surface area contributed by atoms with Crippen molar-refractivity contribution in [1.82, 2.24) is 4.90 Å². The third-order valence-corrected chi connectivity index (χ3v) is 6.74. The van der Waals surface area contributed by atoms with E-state index in [0.717, 1.165) is 22.3 Å². The van der Waals surface area contributed by atoms with Crippen LogP contribution in [0.4, 0.5) is 0 Å². The lowest BCUT2D eigenvalue weighted by Crippen LogP contribution is -2.48. The van der Waals surface area contributed by atoms with Crippen molar-refractivity contribution < 1.29 is 24.1 Å². The summed E-state index contributed by atoms with van der Waals surface area (Å²) < 4.78 is 17.7. The number of likely N-dealkylation sites (N-methyl/N-ethyl adjacent to an activating group) is 1. The van der Waals surface area contributed by atoms with Gasteiger partial charge in [0.2, 0.25) is 5.90 Å². The van der Waals surface area contributed by atoms with Gasteiger partial charge in [0.25, 0.3) is 5.91 Å². The number of aliphatic hydroxyl groups is 1. The van der Waals surface area contributed by atoms with Crippen LogP contribution < -0.4 is 9.47 Å². The first-order valence-electron chi connectivity index (χ1n) is 12.1. The number of amides is 1. The topological polar surface area (TPSA) is 80.6 Å². The Balaban J connectivity index is 1.58. The Bertz CT molecular complexity index is 1270. The molecular weight excluding hydrogens is 456 g/mol. The molecule has 2 atom stereocenters. The van der Waals surface area contributed by atoms with E-state index in [-0.39, 0.29) is 12.5 Å². The molecule has 1 amide bonds. The summed E-state index contributed by atoms with van der Waals surface area (Å²) in [6, 6.07) is 23.2. The summed E-state index contributed by atoms with van der Waals surface area (Å²) in [4.78, 5) is 20.8. The van der Waals surface area contributed by atoms with Crippen LogP contribution in [0.5, 0.6) is 11.5 Å². The lowest BCUT2D eigenvalue weighted by Gasteiger charge is -2.31. The number of benzene rings is 3. The van der Waals surface area contributed by atoms with Crippen LogP contribution in [0.1, 0.15) is 34.8 Å². The predicted octanol–water partition coefficient (Wildman–Crippen LogP) is 3.93. The van der Waals surface area contributed by atoms with Gasteiger partial charge < -0.3 is 24.2 Å². The summed E-state index contributed by atoms with van der Waals surface area (Å²) in [5.41, 5.74) is 2.65. The van der Waals surface area contributed by atoms with E-state index in [4.69, 9.17) is 24.3 Å². The minimum Gasteiger partial charge on any atom is -0.497 e. The minimum atomic E-state index is -1.15. The second-order valence-electron chi connectivity index (χ2n) is 9.17. The molecule has 0 aromatic heterocycles. The number of carbonyl (C=O) groups is 1. The SMILES string of the molecule is COc1cccc([C@@H]2OC(c3ccc(OCCCO)cc3)=N[C@@]23Cc2ccccc2CN(C)C3=O)c1. The summed E-state index contributed by atoms with van der Waals surface area (Å²) in [6.45, 7) is 1.04. The first kappa shape index (κ1) is 23.9. The Labute approximate surface area is 210 Å². The van der Waals surface area contributed by atoms with E-state index in [1.54, 1.807) is 12.0 Å². The van der Waals surface area contributed by atoms with Crippen molar-refractivity contribution in [3.05, 3.63) is 95.1 Å². The van der Waals surface area contributed by atoms with Crippen molar-refractivity contribution in [1.29, 1.82) is 0 Å². The summed E-state index contributed by atoms with van der Waals surface area (Å²) in [6.07, 6.45) is 0.378. The lowest BCUT2D eigenvalue weighted by molar-refractivity contribution is -0.138. The first-order chi connectivity index (χ1) is 17.5. The molecule has 0 bridgehead atoms. The Kier molecular flexibility index (Phi) is 6.65. The molecule has 36 heavy (non-hydrogen) atoms. The molecule has 2 aliphatic rings. The summed E-state index contributed by atoms with van der Waals surface area (Å²) in [5, 5.41) is 8.97. The average Bonchev–Trinajstić information content (AvgIpc) is 3.25. The molecule has 0 saturated heterocycles. The number of rotatable bonds is 7. The molecule has 5 rings (SSSR count). The number of fused-ring (bicyclic) bond motifs is 1. The van der Waals surface area contributed by atoms with Gasteiger partial charge in [-0.3, -0.25) is 4.79 Å². The second-order valence-corrected chi connectivity index (χ2v) is 9.17. The smallest absolute Gasteiger partial charge is 0.255 e. The molecule has 0 radical (unpaired) electrons. The minimum absolute atomic E-state index is 0.0783. The number of aliphatic imine (C=N–C) groups is 1. The molecule has 1 spiro atoms. The standard InChI is InChI=1S/C29H30N2O5/c1-31-19-23-8-4-3-7-22(23)18-29(28(31)33)26(21-9-5-10-25(17-21)34-2)36-27(30-29)20-11-13-24(14-12-20)35-16-6-15-32/h3-5,7-14,17,26,32H,6,15-16,18-19H2,1-2H3/t26-,29-/m0/s1. The number of hydrogen-bond acceptors (Lipinski definition) is 6. The molecule has 3 aromatic carbocycles. The van der Waals surface area contributed by atoms with Crippen molar-refractivity contribution in [3.8, 4) is 11.5 Å². The van der Waals surface area contributed by atoms with E-state index >= 15 is 0 Å². The summed E-state index contributed by atoms with van der Waals surface area (Å²) in [5.74, 6) is 1.74. The third kappa shape index (κ3) is 4.42. The van der Waals surface area contributed by atoms with Crippen molar-refractivity contribution in [2.45, 2.75) is 31.0 Å². The number of ether oxygens (including phenoxy) is 3. The summed E-state index contributed by atoms with van der Waals surface area (Å²) in [7, 11) is 3.44. The number of nitrogens with zero attached hydrogens (tertiary/aromatic N) is 2. The van der Waals surface area contributed by atoms with Crippen LogP contribution in [0.2, 0.25) is 0 Å². The maximum absolute atomic E-state index is 14.0. The average molecular weight is 487 g/mol. The van der Waals surface area contributed by atoms with Crippen LogP contribution in [0.3, 0.4) is 0 Å². The Hall–Kier alpha value is -3.84. The van der Waals surface area contributed by atoms with Crippen LogP contribution >= 0.6 is 0 Å². The molecule has 186 valence electrons. The molecule has 2 aliphatic heterocycles. The normalized spacial score (nSPS) is 21.0. The largest absolute Gasteiger partial charge is 0.497 e. The van der Waals surface area contributed by atoms with Crippen LogP contribution in [-0.2, 0) is 22.5 Å². The Morgan fingerprint density at radius 3 is 2.58 bits per heavy atom. The third-order valence-electron chi connectivity index (χ3n) is 6.74. The lowest BCUT2D eigenvalue weighted by atomic mass is 9.82. The van der Waals surface area contributed by atoms with Gasteiger partial charge in [-0.1, -0.05) is 36.4 Å². The fourth-order valence-corrected chi connectivity index (χ4v) is 4.90. The van der Waals surface area contributed by atoms with Gasteiger partial charge in [-0.05, 0) is 53.1 Å². The van der Waals surface area contributed by atoms with E-state index in [2.05, 4.69) is 12.1 Å². The summed E-state index contributed by atoms with van der Waals surface area (Å²) >= 11 is 0. The monoisotopic (exact) mass is 486 g/mol. The quantitative estimate of drug-likeness (QED) is 0.512. The Morgan fingerprint density at radius 2 is 1.83 bits per heavy atom. The van der Waals surface area contributed by atoms with Gasteiger partial charge in [-0.15, -0.1) is 0 Å². The van der Waals surface area contributed by atoms with Crippen molar-refractivity contribution in [3.63, 3.8) is 0 Å². The highest BCUT2D eigenvalue weighted by atomic mass is 16.5. The van der Waals surface area contributed by atoms with Crippen molar-refractivity contribution in [2.24, 2.45) is 4.99 Å². The number of carbonyl (C=O) groups excluding carboxylic acids is 1. The van der Waals surface area contributed by atoms with Gasteiger partial charge in [-0.25, -0.2) is 4.99 Å². The van der Waals surface area contributed by atoms with E-state index in [0.29, 0.717) is 43.4 Å². The van der Waals surface area contributed by atoms with Gasteiger partial charge in [0.15, 0.2) is 11.6 Å². The van der Waals surface area contributed by atoms with Crippen LogP contribution in [0.25, 0.3) is 0 Å². The molecule has 1 N–H and O–H groups in total. The first-order valence-corrected chi connectivity index (χ1v) is 12.1. The van der Waals surface area contributed by atoms with Gasteiger partial charge in [-0.2, -0.15) is 0 Å². The van der Waals surface area contributed by atoms with Gasteiger partial charge in [0.1, 0.15) is 11.5 Å².